The van der Waals surface area contributed by atoms with Gasteiger partial charge in [-0.1, -0.05) is 57.0 Å². The lowest BCUT2D eigenvalue weighted by atomic mass is 9.96. The number of piperidine rings is 1. The van der Waals surface area contributed by atoms with Crippen LogP contribution in [0.25, 0.3) is 0 Å². The molecule has 0 unspecified atom stereocenters. The van der Waals surface area contributed by atoms with Gasteiger partial charge in [0.05, 0.1) is 13.1 Å². The van der Waals surface area contributed by atoms with Gasteiger partial charge >= 0.3 is 0 Å². The number of amides is 1. The number of hydrogen-bond donors (Lipinski definition) is 2. The van der Waals surface area contributed by atoms with Crippen molar-refractivity contribution in [1.29, 1.82) is 0 Å². The Kier molecular flexibility index (Phi) is 7.60. The van der Waals surface area contributed by atoms with Gasteiger partial charge in [-0.05, 0) is 12.8 Å². The van der Waals surface area contributed by atoms with Crippen molar-refractivity contribution >= 4 is 5.91 Å². The first-order chi connectivity index (χ1) is 11.2. The van der Waals surface area contributed by atoms with Crippen LogP contribution < -0.4 is 10.2 Å². The Balaban J connectivity index is 1.74. The SMILES string of the molecule is CCCC(CCC)C(=O)NC1CC[NH+](Cc2ccccc2)CC1. The highest BCUT2D eigenvalue weighted by molar-refractivity contribution is 5.78. The lowest BCUT2D eigenvalue weighted by molar-refractivity contribution is -0.918. The van der Waals surface area contributed by atoms with Crippen molar-refractivity contribution in [3.8, 4) is 0 Å². The zero-order chi connectivity index (χ0) is 16.5. The van der Waals surface area contributed by atoms with E-state index in [9.17, 15) is 4.79 Å². The summed E-state index contributed by atoms with van der Waals surface area (Å²) >= 11 is 0. The minimum atomic E-state index is 0.222. The number of carbonyl (C=O) groups excluding carboxylic acids is 1. The Bertz CT molecular complexity index is 446. The maximum Gasteiger partial charge on any atom is 0.223 e. The van der Waals surface area contributed by atoms with E-state index in [0.29, 0.717) is 11.9 Å². The summed E-state index contributed by atoms with van der Waals surface area (Å²) in [5.74, 6) is 0.518. The first-order valence-corrected chi connectivity index (χ1v) is 9.40. The van der Waals surface area contributed by atoms with Crippen LogP contribution >= 0.6 is 0 Å². The van der Waals surface area contributed by atoms with Gasteiger partial charge in [-0.2, -0.15) is 0 Å². The van der Waals surface area contributed by atoms with Crippen molar-refractivity contribution in [2.45, 2.75) is 65.0 Å². The number of carbonyl (C=O) groups is 1. The third kappa shape index (κ3) is 5.98. The summed E-state index contributed by atoms with van der Waals surface area (Å²) in [6.45, 7) is 7.76. The summed E-state index contributed by atoms with van der Waals surface area (Å²) in [5.41, 5.74) is 1.41. The molecule has 0 aromatic heterocycles. The van der Waals surface area contributed by atoms with Crippen molar-refractivity contribution in [3.05, 3.63) is 35.9 Å². The van der Waals surface area contributed by atoms with Crippen molar-refractivity contribution in [3.63, 3.8) is 0 Å². The van der Waals surface area contributed by atoms with Gasteiger partial charge in [-0.25, -0.2) is 0 Å². The third-order valence-corrected chi connectivity index (χ3v) is 4.98. The second-order valence-electron chi connectivity index (χ2n) is 6.97. The van der Waals surface area contributed by atoms with E-state index in [4.69, 9.17) is 0 Å². The Hall–Kier alpha value is -1.35. The zero-order valence-electron chi connectivity index (χ0n) is 14.8. The number of benzene rings is 1. The topological polar surface area (TPSA) is 33.5 Å². The smallest absolute Gasteiger partial charge is 0.223 e. The Morgan fingerprint density at radius 1 is 1.13 bits per heavy atom. The van der Waals surface area contributed by atoms with Gasteiger partial charge in [0, 0.05) is 30.4 Å². The first kappa shape index (κ1) is 18.0. The molecule has 1 aromatic carbocycles. The monoisotopic (exact) mass is 317 g/mol. The molecule has 3 nitrogen and oxygen atoms in total. The lowest BCUT2D eigenvalue weighted by Gasteiger charge is -2.30. The van der Waals surface area contributed by atoms with Gasteiger partial charge in [-0.15, -0.1) is 0 Å². The quantitative estimate of drug-likeness (QED) is 0.759. The maximum atomic E-state index is 12.4. The fourth-order valence-corrected chi connectivity index (χ4v) is 3.65. The van der Waals surface area contributed by atoms with Crippen molar-refractivity contribution in [2.24, 2.45) is 5.92 Å². The lowest BCUT2D eigenvalue weighted by Crippen LogP contribution is -3.12. The van der Waals surface area contributed by atoms with E-state index < -0.39 is 0 Å². The summed E-state index contributed by atoms with van der Waals surface area (Å²) in [5, 5.41) is 3.32. The van der Waals surface area contributed by atoms with Gasteiger partial charge in [-0.3, -0.25) is 4.79 Å². The highest BCUT2D eigenvalue weighted by atomic mass is 16.1. The number of nitrogens with one attached hydrogen (secondary N) is 2. The van der Waals surface area contributed by atoms with E-state index in [1.165, 1.54) is 5.56 Å². The van der Waals surface area contributed by atoms with Crippen LogP contribution in [0.3, 0.4) is 0 Å². The average molecular weight is 317 g/mol. The minimum Gasteiger partial charge on any atom is -0.353 e. The van der Waals surface area contributed by atoms with Crippen LogP contribution in [0.2, 0.25) is 0 Å². The highest BCUT2D eigenvalue weighted by Gasteiger charge is 2.25. The molecular weight excluding hydrogens is 284 g/mol. The molecule has 1 fully saturated rings. The molecule has 0 atom stereocenters. The summed E-state index contributed by atoms with van der Waals surface area (Å²) in [6.07, 6.45) is 6.46. The Labute approximate surface area is 141 Å². The van der Waals surface area contributed by atoms with Crippen molar-refractivity contribution in [1.82, 2.24) is 5.32 Å². The molecule has 2 rings (SSSR count). The van der Waals surface area contributed by atoms with Crippen LogP contribution in [0.5, 0.6) is 0 Å². The van der Waals surface area contributed by atoms with E-state index in [2.05, 4.69) is 49.5 Å². The number of likely N-dealkylation sites (tertiary alicyclic amines) is 1. The molecule has 3 heteroatoms. The summed E-state index contributed by atoms with van der Waals surface area (Å²) in [6, 6.07) is 11.1. The van der Waals surface area contributed by atoms with E-state index in [1.54, 1.807) is 4.90 Å². The minimum absolute atomic E-state index is 0.222. The molecule has 0 aliphatic carbocycles. The van der Waals surface area contributed by atoms with Gasteiger partial charge < -0.3 is 10.2 Å². The third-order valence-electron chi connectivity index (χ3n) is 4.98. The average Bonchev–Trinajstić information content (AvgIpc) is 2.57. The molecule has 128 valence electrons. The molecule has 1 amide bonds. The Morgan fingerprint density at radius 2 is 1.74 bits per heavy atom. The van der Waals surface area contributed by atoms with Crippen LogP contribution in [0.1, 0.15) is 57.9 Å². The molecule has 23 heavy (non-hydrogen) atoms. The van der Waals surface area contributed by atoms with Crippen molar-refractivity contribution < 1.29 is 9.69 Å². The van der Waals surface area contributed by atoms with Crippen LogP contribution in [0.4, 0.5) is 0 Å². The molecule has 1 aliphatic rings. The number of quaternary nitrogens is 1. The van der Waals surface area contributed by atoms with Crippen LogP contribution in [-0.2, 0) is 11.3 Å². The number of rotatable bonds is 8. The number of hydrogen-bond acceptors (Lipinski definition) is 1. The van der Waals surface area contributed by atoms with Crippen LogP contribution in [-0.4, -0.2) is 25.0 Å². The summed E-state index contributed by atoms with van der Waals surface area (Å²) < 4.78 is 0. The second-order valence-corrected chi connectivity index (χ2v) is 6.97. The molecule has 1 aliphatic heterocycles. The Morgan fingerprint density at radius 3 is 2.30 bits per heavy atom. The predicted molar refractivity (Wildman–Crippen MR) is 95.3 cm³/mol. The fraction of sp³-hybridized carbons (Fsp3) is 0.650. The van der Waals surface area contributed by atoms with Gasteiger partial charge in [0.25, 0.3) is 0 Å². The van der Waals surface area contributed by atoms with Gasteiger partial charge in [0.1, 0.15) is 6.54 Å². The maximum absolute atomic E-state index is 12.4. The first-order valence-electron chi connectivity index (χ1n) is 9.40. The van der Waals surface area contributed by atoms with E-state index >= 15 is 0 Å². The largest absolute Gasteiger partial charge is 0.353 e. The highest BCUT2D eigenvalue weighted by Crippen LogP contribution is 2.14. The van der Waals surface area contributed by atoms with E-state index in [0.717, 1.165) is 58.2 Å². The summed E-state index contributed by atoms with van der Waals surface area (Å²) in [7, 11) is 0. The predicted octanol–water partition coefficient (Wildman–Crippen LogP) is 2.57. The summed E-state index contributed by atoms with van der Waals surface area (Å²) in [4.78, 5) is 14.1. The molecule has 1 heterocycles. The zero-order valence-corrected chi connectivity index (χ0v) is 14.8. The molecule has 0 bridgehead atoms. The molecule has 1 saturated heterocycles. The van der Waals surface area contributed by atoms with Gasteiger partial charge in [0.15, 0.2) is 0 Å². The molecule has 0 spiro atoms. The van der Waals surface area contributed by atoms with E-state index in [-0.39, 0.29) is 5.92 Å². The molecular formula is C20H33N2O+. The van der Waals surface area contributed by atoms with Crippen LogP contribution in [0, 0.1) is 5.92 Å². The van der Waals surface area contributed by atoms with E-state index in [1.807, 2.05) is 0 Å². The second kappa shape index (κ2) is 9.71. The molecule has 1 aromatic rings. The fourth-order valence-electron chi connectivity index (χ4n) is 3.65. The molecule has 2 N–H and O–H groups in total. The van der Waals surface area contributed by atoms with Gasteiger partial charge in [0.2, 0.25) is 5.91 Å². The van der Waals surface area contributed by atoms with Crippen molar-refractivity contribution in [2.75, 3.05) is 13.1 Å². The normalized spacial score (nSPS) is 21.3. The standard InChI is InChI=1S/C20H32N2O/c1-3-8-18(9-4-2)20(23)21-19-12-14-22(15-13-19)16-17-10-6-5-7-11-17/h5-7,10-11,18-19H,3-4,8-9,12-16H2,1-2H3,(H,21,23)/p+1. The molecule has 0 saturated carbocycles. The molecule has 0 radical (unpaired) electrons. The van der Waals surface area contributed by atoms with Crippen LogP contribution in [0.15, 0.2) is 30.3 Å².